The van der Waals surface area contributed by atoms with Gasteiger partial charge in [-0.25, -0.2) is 0 Å². The van der Waals surface area contributed by atoms with Gasteiger partial charge in [0, 0.05) is 0 Å². The predicted molar refractivity (Wildman–Crippen MR) is 71.1 cm³/mol. The standard InChI is InChI=1S/C13H12ClN3O/c1-3-6-16-13(18)9(2)17-12-5-4-10(8-15)7-11(12)14/h1,4-5,7,9,17H,6H2,2H3,(H,16,18). The maximum Gasteiger partial charge on any atom is 0.242 e. The van der Waals surface area contributed by atoms with Crippen molar-refractivity contribution in [2.45, 2.75) is 13.0 Å². The summed E-state index contributed by atoms with van der Waals surface area (Å²) < 4.78 is 0. The van der Waals surface area contributed by atoms with Crippen LogP contribution in [0.1, 0.15) is 12.5 Å². The number of carbonyl (C=O) groups excluding carboxylic acids is 1. The first-order chi connectivity index (χ1) is 8.58. The van der Waals surface area contributed by atoms with Crippen LogP contribution in [0.15, 0.2) is 18.2 Å². The summed E-state index contributed by atoms with van der Waals surface area (Å²) in [5.41, 5.74) is 1.06. The molecule has 1 rings (SSSR count). The SMILES string of the molecule is C#CCNC(=O)C(C)Nc1ccc(C#N)cc1Cl. The minimum atomic E-state index is -0.469. The highest BCUT2D eigenvalue weighted by molar-refractivity contribution is 6.33. The highest BCUT2D eigenvalue weighted by atomic mass is 35.5. The van der Waals surface area contributed by atoms with Crippen molar-refractivity contribution < 1.29 is 4.79 Å². The van der Waals surface area contributed by atoms with Gasteiger partial charge in [-0.3, -0.25) is 4.79 Å². The third kappa shape index (κ3) is 3.69. The summed E-state index contributed by atoms with van der Waals surface area (Å²) in [5, 5.41) is 14.6. The molecule has 0 aliphatic carbocycles. The van der Waals surface area contributed by atoms with Crippen molar-refractivity contribution in [3.05, 3.63) is 28.8 Å². The molecule has 92 valence electrons. The van der Waals surface area contributed by atoms with E-state index in [0.29, 0.717) is 16.3 Å². The number of terminal acetylenes is 1. The first kappa shape index (κ1) is 13.9. The predicted octanol–water partition coefficient (Wildman–Crippen LogP) is 1.76. The van der Waals surface area contributed by atoms with E-state index in [0.717, 1.165) is 0 Å². The lowest BCUT2D eigenvalue weighted by Crippen LogP contribution is -2.37. The fourth-order valence-corrected chi connectivity index (χ4v) is 1.53. The molecule has 0 saturated heterocycles. The van der Waals surface area contributed by atoms with Gasteiger partial charge in [-0.05, 0) is 25.1 Å². The fraction of sp³-hybridized carbons (Fsp3) is 0.231. The van der Waals surface area contributed by atoms with Gasteiger partial charge in [0.2, 0.25) is 5.91 Å². The lowest BCUT2D eigenvalue weighted by atomic mass is 10.2. The molecule has 0 fully saturated rings. The number of nitrogens with one attached hydrogen (secondary N) is 2. The van der Waals surface area contributed by atoms with E-state index in [9.17, 15) is 4.79 Å². The first-order valence-corrected chi connectivity index (χ1v) is 5.63. The molecule has 0 aliphatic heterocycles. The Kier molecular flexibility index (Phi) is 5.05. The third-order valence-electron chi connectivity index (χ3n) is 2.23. The molecule has 2 N–H and O–H groups in total. The van der Waals surface area contributed by atoms with Gasteiger partial charge in [0.1, 0.15) is 6.04 Å². The molecule has 0 aliphatic rings. The molecule has 1 aromatic rings. The molecule has 0 spiro atoms. The Bertz CT molecular complexity index is 528. The molecule has 1 atom stereocenters. The molecule has 5 heteroatoms. The van der Waals surface area contributed by atoms with E-state index in [-0.39, 0.29) is 12.5 Å². The zero-order valence-electron chi connectivity index (χ0n) is 9.83. The number of nitrogens with zero attached hydrogens (tertiary/aromatic N) is 1. The molecule has 0 bridgehead atoms. The van der Waals surface area contributed by atoms with Crippen LogP contribution in [0.2, 0.25) is 5.02 Å². The van der Waals surface area contributed by atoms with Gasteiger partial charge in [-0.2, -0.15) is 5.26 Å². The Balaban J connectivity index is 2.71. The van der Waals surface area contributed by atoms with Crippen LogP contribution in [-0.2, 0) is 4.79 Å². The lowest BCUT2D eigenvalue weighted by molar-refractivity contribution is -0.121. The largest absolute Gasteiger partial charge is 0.373 e. The van der Waals surface area contributed by atoms with Crippen molar-refractivity contribution >= 4 is 23.2 Å². The number of hydrogen-bond acceptors (Lipinski definition) is 3. The molecule has 0 heterocycles. The van der Waals surface area contributed by atoms with Crippen LogP contribution in [0.25, 0.3) is 0 Å². The minimum absolute atomic E-state index is 0.186. The van der Waals surface area contributed by atoms with Crippen molar-refractivity contribution in [1.82, 2.24) is 5.32 Å². The van der Waals surface area contributed by atoms with Crippen LogP contribution < -0.4 is 10.6 Å². The fourth-order valence-electron chi connectivity index (χ4n) is 1.29. The summed E-state index contributed by atoms with van der Waals surface area (Å²) in [6, 6.07) is 6.34. The topological polar surface area (TPSA) is 64.9 Å². The van der Waals surface area contributed by atoms with E-state index in [4.69, 9.17) is 23.3 Å². The highest BCUT2D eigenvalue weighted by Crippen LogP contribution is 2.23. The van der Waals surface area contributed by atoms with Gasteiger partial charge >= 0.3 is 0 Å². The summed E-state index contributed by atoms with van der Waals surface area (Å²) in [6.07, 6.45) is 5.05. The number of hydrogen-bond donors (Lipinski definition) is 2. The summed E-state index contributed by atoms with van der Waals surface area (Å²) in [7, 11) is 0. The molecule has 0 radical (unpaired) electrons. The molecular formula is C13H12ClN3O. The zero-order valence-corrected chi connectivity index (χ0v) is 10.6. The van der Waals surface area contributed by atoms with E-state index in [1.54, 1.807) is 19.1 Å². The molecule has 0 saturated carbocycles. The quantitative estimate of drug-likeness (QED) is 0.812. The Morgan fingerprint density at radius 3 is 2.89 bits per heavy atom. The molecule has 0 aromatic heterocycles. The van der Waals surface area contributed by atoms with Crippen LogP contribution >= 0.6 is 11.6 Å². The minimum Gasteiger partial charge on any atom is -0.373 e. The van der Waals surface area contributed by atoms with Crippen molar-refractivity contribution in [1.29, 1.82) is 5.26 Å². The van der Waals surface area contributed by atoms with Crippen LogP contribution in [0.3, 0.4) is 0 Å². The third-order valence-corrected chi connectivity index (χ3v) is 2.54. The summed E-state index contributed by atoms with van der Waals surface area (Å²) in [4.78, 5) is 11.6. The van der Waals surface area contributed by atoms with Crippen molar-refractivity contribution in [3.8, 4) is 18.4 Å². The Labute approximate surface area is 111 Å². The molecule has 18 heavy (non-hydrogen) atoms. The first-order valence-electron chi connectivity index (χ1n) is 5.26. The van der Waals surface area contributed by atoms with Gasteiger partial charge in [0.05, 0.1) is 28.9 Å². The second kappa shape index (κ2) is 6.54. The maximum atomic E-state index is 11.6. The van der Waals surface area contributed by atoms with E-state index < -0.39 is 6.04 Å². The Hall–Kier alpha value is -2.17. The molecular weight excluding hydrogens is 250 g/mol. The monoisotopic (exact) mass is 261 g/mol. The highest BCUT2D eigenvalue weighted by Gasteiger charge is 2.13. The van der Waals surface area contributed by atoms with Gasteiger partial charge in [0.25, 0.3) is 0 Å². The molecule has 1 unspecified atom stereocenters. The average molecular weight is 262 g/mol. The number of halogens is 1. The van der Waals surface area contributed by atoms with Crippen molar-refractivity contribution in [2.24, 2.45) is 0 Å². The van der Waals surface area contributed by atoms with E-state index >= 15 is 0 Å². The van der Waals surface area contributed by atoms with Gasteiger partial charge in [-0.1, -0.05) is 17.5 Å². The zero-order chi connectivity index (χ0) is 13.5. The summed E-state index contributed by atoms with van der Waals surface area (Å²) in [5.74, 6) is 2.11. The second-order valence-electron chi connectivity index (χ2n) is 3.59. The number of nitriles is 1. The summed E-state index contributed by atoms with van der Waals surface area (Å²) >= 11 is 5.98. The normalized spacial score (nSPS) is 10.9. The van der Waals surface area contributed by atoms with Gasteiger partial charge in [-0.15, -0.1) is 6.42 Å². The van der Waals surface area contributed by atoms with E-state index in [1.807, 2.05) is 6.07 Å². The number of anilines is 1. The van der Waals surface area contributed by atoms with Crippen molar-refractivity contribution in [2.75, 3.05) is 11.9 Å². The molecule has 1 amide bonds. The Morgan fingerprint density at radius 1 is 1.61 bits per heavy atom. The smallest absolute Gasteiger partial charge is 0.242 e. The Morgan fingerprint density at radius 2 is 2.33 bits per heavy atom. The maximum absolute atomic E-state index is 11.6. The van der Waals surface area contributed by atoms with Crippen molar-refractivity contribution in [3.63, 3.8) is 0 Å². The second-order valence-corrected chi connectivity index (χ2v) is 4.00. The number of benzene rings is 1. The van der Waals surface area contributed by atoms with Crippen LogP contribution in [0, 0.1) is 23.7 Å². The van der Waals surface area contributed by atoms with E-state index in [2.05, 4.69) is 16.6 Å². The van der Waals surface area contributed by atoms with E-state index in [1.165, 1.54) is 6.07 Å². The van der Waals surface area contributed by atoms with Gasteiger partial charge < -0.3 is 10.6 Å². The van der Waals surface area contributed by atoms with Crippen LogP contribution in [0.4, 0.5) is 5.69 Å². The number of rotatable bonds is 4. The number of carbonyl (C=O) groups is 1. The van der Waals surface area contributed by atoms with Gasteiger partial charge in [0.15, 0.2) is 0 Å². The molecule has 1 aromatic carbocycles. The van der Waals surface area contributed by atoms with Crippen LogP contribution in [0.5, 0.6) is 0 Å². The average Bonchev–Trinajstić information content (AvgIpc) is 2.38. The molecule has 4 nitrogen and oxygen atoms in total. The van der Waals surface area contributed by atoms with Crippen LogP contribution in [-0.4, -0.2) is 18.5 Å². The summed E-state index contributed by atoms with van der Waals surface area (Å²) in [6.45, 7) is 1.88. The number of amides is 1. The lowest BCUT2D eigenvalue weighted by Gasteiger charge is -2.15.